The molecule has 0 saturated carbocycles. The van der Waals surface area contributed by atoms with Crippen molar-refractivity contribution in [2.45, 2.75) is 33.4 Å². The molecule has 0 unspecified atom stereocenters. The van der Waals surface area contributed by atoms with Gasteiger partial charge < -0.3 is 10.1 Å². The molecule has 1 amide bonds. The monoisotopic (exact) mass is 405 g/mol. The number of amides is 1. The Morgan fingerprint density at radius 1 is 1.07 bits per heavy atom. The first-order chi connectivity index (χ1) is 14.3. The number of hydrogen-bond donors (Lipinski definition) is 1. The van der Waals surface area contributed by atoms with Crippen LogP contribution in [-0.4, -0.2) is 27.5 Å². The van der Waals surface area contributed by atoms with E-state index in [-0.39, 0.29) is 24.1 Å². The number of nitrogens with one attached hydrogen (secondary N) is 1. The number of benzene rings is 2. The Bertz CT molecular complexity index is 1100. The van der Waals surface area contributed by atoms with Crippen LogP contribution in [0.1, 0.15) is 30.0 Å². The zero-order chi connectivity index (χ0) is 21.7. The fourth-order valence-electron chi connectivity index (χ4n) is 2.89. The van der Waals surface area contributed by atoms with Crippen molar-refractivity contribution in [2.24, 2.45) is 0 Å². The average molecular weight is 405 g/mol. The van der Waals surface area contributed by atoms with E-state index in [0.717, 1.165) is 5.56 Å². The number of anilines is 1. The van der Waals surface area contributed by atoms with Crippen molar-refractivity contribution < 1.29 is 14.3 Å². The van der Waals surface area contributed by atoms with Crippen molar-refractivity contribution in [3.8, 4) is 11.3 Å². The van der Waals surface area contributed by atoms with Gasteiger partial charge in [-0.05, 0) is 45.0 Å². The lowest BCUT2D eigenvalue weighted by Gasteiger charge is -2.12. The van der Waals surface area contributed by atoms with E-state index in [0.29, 0.717) is 22.8 Å². The van der Waals surface area contributed by atoms with Crippen LogP contribution in [0.2, 0.25) is 0 Å². The van der Waals surface area contributed by atoms with Gasteiger partial charge in [-0.1, -0.05) is 30.3 Å². The molecule has 7 heteroatoms. The van der Waals surface area contributed by atoms with Crippen molar-refractivity contribution in [3.05, 3.63) is 82.4 Å². The van der Waals surface area contributed by atoms with Gasteiger partial charge in [0.1, 0.15) is 12.4 Å². The van der Waals surface area contributed by atoms with Crippen molar-refractivity contribution >= 4 is 17.6 Å². The number of aryl methyl sites for hydroxylation is 1. The van der Waals surface area contributed by atoms with E-state index in [1.165, 1.54) is 10.6 Å². The van der Waals surface area contributed by atoms with Gasteiger partial charge in [0.2, 0.25) is 5.91 Å². The van der Waals surface area contributed by atoms with Crippen molar-refractivity contribution in [3.63, 3.8) is 0 Å². The van der Waals surface area contributed by atoms with Gasteiger partial charge in [-0.15, -0.1) is 0 Å². The number of hydrogen-bond acceptors (Lipinski definition) is 5. The molecule has 0 aliphatic carbocycles. The van der Waals surface area contributed by atoms with Gasteiger partial charge in [-0.3, -0.25) is 14.2 Å². The second-order valence-electron chi connectivity index (χ2n) is 7.06. The first-order valence-corrected chi connectivity index (χ1v) is 9.58. The van der Waals surface area contributed by atoms with E-state index in [1.54, 1.807) is 45.0 Å². The molecule has 30 heavy (non-hydrogen) atoms. The molecule has 2 aromatic carbocycles. The van der Waals surface area contributed by atoms with Gasteiger partial charge in [-0.25, -0.2) is 9.78 Å². The maximum atomic E-state index is 12.5. The minimum atomic E-state index is -0.422. The Morgan fingerprint density at radius 3 is 2.33 bits per heavy atom. The normalized spacial score (nSPS) is 10.7. The van der Waals surface area contributed by atoms with Crippen LogP contribution in [0.25, 0.3) is 11.3 Å². The lowest BCUT2D eigenvalue weighted by Crippen LogP contribution is -2.29. The lowest BCUT2D eigenvalue weighted by molar-refractivity contribution is -0.116. The number of esters is 1. The van der Waals surface area contributed by atoms with Crippen LogP contribution in [0.3, 0.4) is 0 Å². The van der Waals surface area contributed by atoms with E-state index in [4.69, 9.17) is 4.74 Å². The molecule has 1 N–H and O–H groups in total. The third-order valence-electron chi connectivity index (χ3n) is 4.32. The highest BCUT2D eigenvalue weighted by atomic mass is 16.5. The molecule has 0 radical (unpaired) electrons. The summed E-state index contributed by atoms with van der Waals surface area (Å²) in [6.45, 7) is 5.08. The fraction of sp³-hybridized carbons (Fsp3) is 0.217. The quantitative estimate of drug-likeness (QED) is 0.635. The third kappa shape index (κ3) is 5.20. The first-order valence-electron chi connectivity index (χ1n) is 9.58. The summed E-state index contributed by atoms with van der Waals surface area (Å²) in [5.41, 5.74) is 2.02. The van der Waals surface area contributed by atoms with Crippen molar-refractivity contribution in [1.29, 1.82) is 0 Å². The SMILES string of the molecule is Cc1nc(-c2ccccc2)cc(=O)n1CC(=O)Nc1ccc(C(=O)OC(C)C)cc1. The molecule has 0 bridgehead atoms. The lowest BCUT2D eigenvalue weighted by atomic mass is 10.1. The molecule has 7 nitrogen and oxygen atoms in total. The summed E-state index contributed by atoms with van der Waals surface area (Å²) in [6.07, 6.45) is -0.208. The van der Waals surface area contributed by atoms with E-state index in [2.05, 4.69) is 10.3 Å². The van der Waals surface area contributed by atoms with E-state index in [9.17, 15) is 14.4 Å². The summed E-state index contributed by atoms with van der Waals surface area (Å²) in [5, 5.41) is 2.72. The Morgan fingerprint density at radius 2 is 1.73 bits per heavy atom. The molecule has 0 fully saturated rings. The molecule has 1 aromatic heterocycles. The maximum Gasteiger partial charge on any atom is 0.338 e. The zero-order valence-corrected chi connectivity index (χ0v) is 17.1. The van der Waals surface area contributed by atoms with Crippen molar-refractivity contribution in [1.82, 2.24) is 9.55 Å². The van der Waals surface area contributed by atoms with Crippen molar-refractivity contribution in [2.75, 3.05) is 5.32 Å². The topological polar surface area (TPSA) is 90.3 Å². The van der Waals surface area contributed by atoms with E-state index in [1.807, 2.05) is 30.3 Å². The van der Waals surface area contributed by atoms with Crippen LogP contribution in [-0.2, 0) is 16.1 Å². The van der Waals surface area contributed by atoms with E-state index < -0.39 is 5.97 Å². The summed E-state index contributed by atoms with van der Waals surface area (Å²) < 4.78 is 6.45. The summed E-state index contributed by atoms with van der Waals surface area (Å²) >= 11 is 0. The molecule has 0 atom stereocenters. The molecule has 154 valence electrons. The van der Waals surface area contributed by atoms with Crippen LogP contribution in [0.4, 0.5) is 5.69 Å². The molecule has 0 aliphatic heterocycles. The average Bonchev–Trinajstić information content (AvgIpc) is 2.71. The third-order valence-corrected chi connectivity index (χ3v) is 4.32. The summed E-state index contributed by atoms with van der Waals surface area (Å²) in [7, 11) is 0. The molecule has 1 heterocycles. The van der Waals surface area contributed by atoms with Gasteiger partial charge in [-0.2, -0.15) is 0 Å². The minimum absolute atomic E-state index is 0.163. The van der Waals surface area contributed by atoms with Crippen LogP contribution >= 0.6 is 0 Å². The second kappa shape index (κ2) is 9.17. The van der Waals surface area contributed by atoms with E-state index >= 15 is 0 Å². The Labute approximate surface area is 174 Å². The molecular formula is C23H23N3O4. The molecule has 0 spiro atoms. The number of nitrogens with zero attached hydrogens (tertiary/aromatic N) is 2. The highest BCUT2D eigenvalue weighted by Gasteiger charge is 2.12. The number of rotatable bonds is 6. The van der Waals surface area contributed by atoms with Crippen LogP contribution < -0.4 is 10.9 Å². The van der Waals surface area contributed by atoms with Gasteiger partial charge in [0.05, 0.1) is 17.4 Å². The summed E-state index contributed by atoms with van der Waals surface area (Å²) in [4.78, 5) is 41.3. The molecule has 3 rings (SSSR count). The highest BCUT2D eigenvalue weighted by molar-refractivity contribution is 5.93. The standard InChI is InChI=1S/C23H23N3O4/c1-15(2)30-23(29)18-9-11-19(12-10-18)25-21(27)14-26-16(3)24-20(13-22(26)28)17-7-5-4-6-8-17/h4-13,15H,14H2,1-3H3,(H,25,27). The second-order valence-corrected chi connectivity index (χ2v) is 7.06. The minimum Gasteiger partial charge on any atom is -0.459 e. The number of ether oxygens (including phenoxy) is 1. The number of aromatic nitrogens is 2. The maximum absolute atomic E-state index is 12.5. The van der Waals surface area contributed by atoms with Gasteiger partial charge >= 0.3 is 5.97 Å². The number of carbonyl (C=O) groups excluding carboxylic acids is 2. The smallest absolute Gasteiger partial charge is 0.338 e. The van der Waals surface area contributed by atoms with Crippen LogP contribution in [0, 0.1) is 6.92 Å². The predicted molar refractivity (Wildman–Crippen MR) is 114 cm³/mol. The zero-order valence-electron chi connectivity index (χ0n) is 17.1. The largest absolute Gasteiger partial charge is 0.459 e. The fourth-order valence-corrected chi connectivity index (χ4v) is 2.89. The van der Waals surface area contributed by atoms with Crippen LogP contribution in [0.15, 0.2) is 65.5 Å². The van der Waals surface area contributed by atoms with Crippen LogP contribution in [0.5, 0.6) is 0 Å². The Kier molecular flexibility index (Phi) is 6.41. The summed E-state index contributed by atoms with van der Waals surface area (Å²) in [5.74, 6) is -0.343. The van der Waals surface area contributed by atoms with Gasteiger partial charge in [0.15, 0.2) is 0 Å². The predicted octanol–water partition coefficient (Wildman–Crippen LogP) is 3.42. The molecule has 3 aromatic rings. The Balaban J connectivity index is 1.69. The summed E-state index contributed by atoms with van der Waals surface area (Å²) in [6, 6.07) is 17.2. The number of carbonyl (C=O) groups is 2. The molecular weight excluding hydrogens is 382 g/mol. The van der Waals surface area contributed by atoms with Gasteiger partial charge in [0, 0.05) is 17.3 Å². The Hall–Kier alpha value is -3.74. The highest BCUT2D eigenvalue weighted by Crippen LogP contribution is 2.15. The molecule has 0 saturated heterocycles. The first kappa shape index (κ1) is 21.0. The molecule has 0 aliphatic rings. The van der Waals surface area contributed by atoms with Gasteiger partial charge in [0.25, 0.3) is 5.56 Å².